The summed E-state index contributed by atoms with van der Waals surface area (Å²) >= 11 is 3.28. The highest BCUT2D eigenvalue weighted by Crippen LogP contribution is 2.16. The second kappa shape index (κ2) is 4.11. The van der Waals surface area contributed by atoms with Crippen LogP contribution in [0.15, 0.2) is 36.5 Å². The van der Waals surface area contributed by atoms with Gasteiger partial charge in [0.1, 0.15) is 0 Å². The standard InChI is InChI=1S/C12H10BrNO/c1-8(13)12(15)10-4-5-11-9(7-10)3-2-6-14-11/h2-8H,1H3/t8-/m0/s1. The number of hydrogen-bond acceptors (Lipinski definition) is 2. The number of aromatic nitrogens is 1. The molecule has 0 N–H and O–H groups in total. The van der Waals surface area contributed by atoms with Crippen molar-refractivity contribution in [2.45, 2.75) is 11.8 Å². The Balaban J connectivity index is 2.52. The highest BCUT2D eigenvalue weighted by atomic mass is 79.9. The number of Topliss-reactive ketones (excluding diaryl/α,β-unsaturated/α-hetero) is 1. The van der Waals surface area contributed by atoms with E-state index in [1.54, 1.807) is 6.20 Å². The first-order valence-corrected chi connectivity index (χ1v) is 5.63. The van der Waals surface area contributed by atoms with Gasteiger partial charge in [-0.05, 0) is 31.2 Å². The highest BCUT2D eigenvalue weighted by Gasteiger charge is 2.11. The second-order valence-electron chi connectivity index (χ2n) is 3.39. The maximum absolute atomic E-state index is 11.7. The van der Waals surface area contributed by atoms with Gasteiger partial charge < -0.3 is 0 Å². The summed E-state index contributed by atoms with van der Waals surface area (Å²) < 4.78 is 0. The quantitative estimate of drug-likeness (QED) is 0.615. The number of fused-ring (bicyclic) bond motifs is 1. The summed E-state index contributed by atoms with van der Waals surface area (Å²) in [6.07, 6.45) is 1.75. The van der Waals surface area contributed by atoms with Crippen molar-refractivity contribution in [2.24, 2.45) is 0 Å². The molecule has 2 rings (SSSR count). The molecular formula is C12H10BrNO. The highest BCUT2D eigenvalue weighted by molar-refractivity contribution is 9.10. The molecule has 0 fully saturated rings. The summed E-state index contributed by atoms with van der Waals surface area (Å²) in [4.78, 5) is 15.8. The summed E-state index contributed by atoms with van der Waals surface area (Å²) in [7, 11) is 0. The van der Waals surface area contributed by atoms with Crippen LogP contribution in [-0.2, 0) is 0 Å². The average Bonchev–Trinajstić information content (AvgIpc) is 2.27. The van der Waals surface area contributed by atoms with Crippen molar-refractivity contribution in [3.63, 3.8) is 0 Å². The van der Waals surface area contributed by atoms with Crippen LogP contribution in [0.3, 0.4) is 0 Å². The van der Waals surface area contributed by atoms with Gasteiger partial charge in [-0.2, -0.15) is 0 Å². The molecule has 2 nitrogen and oxygen atoms in total. The molecule has 76 valence electrons. The Bertz CT molecular complexity index is 508. The smallest absolute Gasteiger partial charge is 0.176 e. The maximum atomic E-state index is 11.7. The number of hydrogen-bond donors (Lipinski definition) is 0. The summed E-state index contributed by atoms with van der Waals surface area (Å²) in [6.45, 7) is 1.83. The molecule has 0 unspecified atom stereocenters. The van der Waals surface area contributed by atoms with Gasteiger partial charge in [-0.15, -0.1) is 0 Å². The van der Waals surface area contributed by atoms with Gasteiger partial charge in [-0.3, -0.25) is 9.78 Å². The zero-order chi connectivity index (χ0) is 10.8. The number of ketones is 1. The van der Waals surface area contributed by atoms with Gasteiger partial charge in [0.05, 0.1) is 10.3 Å². The van der Waals surface area contributed by atoms with Crippen LogP contribution >= 0.6 is 15.9 Å². The fraction of sp³-hybridized carbons (Fsp3) is 0.167. The molecule has 0 saturated carbocycles. The lowest BCUT2D eigenvalue weighted by Crippen LogP contribution is -2.09. The van der Waals surface area contributed by atoms with Crippen molar-refractivity contribution in [3.05, 3.63) is 42.1 Å². The minimum absolute atomic E-state index is 0.0979. The molecule has 0 radical (unpaired) electrons. The lowest BCUT2D eigenvalue weighted by molar-refractivity contribution is 0.0996. The summed E-state index contributed by atoms with van der Waals surface area (Å²) in [5.74, 6) is 0.0979. The zero-order valence-corrected chi connectivity index (χ0v) is 9.86. The van der Waals surface area contributed by atoms with Gasteiger partial charge in [0, 0.05) is 17.1 Å². The zero-order valence-electron chi connectivity index (χ0n) is 8.27. The molecule has 15 heavy (non-hydrogen) atoms. The number of carbonyl (C=O) groups is 1. The second-order valence-corrected chi connectivity index (χ2v) is 4.76. The first-order valence-electron chi connectivity index (χ1n) is 4.71. The van der Waals surface area contributed by atoms with Gasteiger partial charge in [0.25, 0.3) is 0 Å². The lowest BCUT2D eigenvalue weighted by Gasteiger charge is -2.03. The van der Waals surface area contributed by atoms with E-state index in [0.29, 0.717) is 0 Å². The van der Waals surface area contributed by atoms with Crippen LogP contribution in [0.1, 0.15) is 17.3 Å². The molecule has 0 saturated heterocycles. The minimum Gasteiger partial charge on any atom is -0.293 e. The van der Waals surface area contributed by atoms with Gasteiger partial charge in [-0.25, -0.2) is 0 Å². The third-order valence-electron chi connectivity index (χ3n) is 2.25. The van der Waals surface area contributed by atoms with Crippen LogP contribution in [0.25, 0.3) is 10.9 Å². The van der Waals surface area contributed by atoms with Crippen LogP contribution in [-0.4, -0.2) is 15.6 Å². The molecule has 3 heteroatoms. The van der Waals surface area contributed by atoms with E-state index in [1.165, 1.54) is 0 Å². The van der Waals surface area contributed by atoms with Gasteiger partial charge in [0.2, 0.25) is 0 Å². The van der Waals surface area contributed by atoms with Gasteiger partial charge in [-0.1, -0.05) is 22.0 Å². The summed E-state index contributed by atoms with van der Waals surface area (Å²) in [5.41, 5.74) is 1.64. The fourth-order valence-corrected chi connectivity index (χ4v) is 1.72. The molecule has 0 spiro atoms. The monoisotopic (exact) mass is 263 g/mol. The number of rotatable bonds is 2. The molecule has 1 heterocycles. The van der Waals surface area contributed by atoms with Crippen molar-refractivity contribution in [1.82, 2.24) is 4.98 Å². The topological polar surface area (TPSA) is 30.0 Å². The number of alkyl halides is 1. The van der Waals surface area contributed by atoms with E-state index in [1.807, 2.05) is 37.3 Å². The Kier molecular flexibility index (Phi) is 2.82. The van der Waals surface area contributed by atoms with E-state index in [4.69, 9.17) is 0 Å². The normalized spacial score (nSPS) is 12.7. The van der Waals surface area contributed by atoms with Gasteiger partial charge in [0.15, 0.2) is 5.78 Å². The van der Waals surface area contributed by atoms with Crippen LogP contribution in [0.5, 0.6) is 0 Å². The minimum atomic E-state index is -0.147. The molecule has 0 aliphatic rings. The first kappa shape index (κ1) is 10.3. The SMILES string of the molecule is C[C@H](Br)C(=O)c1ccc2ncccc2c1. The van der Waals surface area contributed by atoms with Crippen molar-refractivity contribution < 1.29 is 4.79 Å². The van der Waals surface area contributed by atoms with Crippen molar-refractivity contribution in [3.8, 4) is 0 Å². The predicted molar refractivity (Wildman–Crippen MR) is 64.5 cm³/mol. The number of pyridine rings is 1. The van der Waals surface area contributed by atoms with E-state index in [9.17, 15) is 4.79 Å². The molecule has 2 aromatic rings. The van der Waals surface area contributed by atoms with Crippen LogP contribution in [0, 0.1) is 0 Å². The third kappa shape index (κ3) is 2.07. The van der Waals surface area contributed by atoms with Crippen molar-refractivity contribution in [2.75, 3.05) is 0 Å². The molecule has 1 aromatic heterocycles. The van der Waals surface area contributed by atoms with Crippen molar-refractivity contribution >= 4 is 32.6 Å². The molecule has 1 aromatic carbocycles. The largest absolute Gasteiger partial charge is 0.293 e. The molecule has 0 amide bonds. The Labute approximate surface area is 96.5 Å². The van der Waals surface area contributed by atoms with E-state index in [0.717, 1.165) is 16.5 Å². The van der Waals surface area contributed by atoms with Crippen LogP contribution < -0.4 is 0 Å². The van der Waals surface area contributed by atoms with E-state index in [-0.39, 0.29) is 10.6 Å². The number of nitrogens with zero attached hydrogens (tertiary/aromatic N) is 1. The van der Waals surface area contributed by atoms with Gasteiger partial charge >= 0.3 is 0 Å². The third-order valence-corrected chi connectivity index (χ3v) is 2.66. The number of benzene rings is 1. The van der Waals surface area contributed by atoms with E-state index >= 15 is 0 Å². The molecule has 0 aliphatic carbocycles. The van der Waals surface area contributed by atoms with E-state index in [2.05, 4.69) is 20.9 Å². The predicted octanol–water partition coefficient (Wildman–Crippen LogP) is 3.20. The molecule has 0 aliphatic heterocycles. The summed E-state index contributed by atoms with van der Waals surface area (Å²) in [6, 6.07) is 9.39. The number of carbonyl (C=O) groups excluding carboxylic acids is 1. The Morgan fingerprint density at radius 2 is 2.20 bits per heavy atom. The number of halogens is 1. The Hall–Kier alpha value is -1.22. The molecule has 1 atom stereocenters. The molecular weight excluding hydrogens is 254 g/mol. The van der Waals surface area contributed by atoms with E-state index < -0.39 is 0 Å². The molecule has 0 bridgehead atoms. The summed E-state index contributed by atoms with van der Waals surface area (Å²) in [5, 5.41) is 0.997. The first-order chi connectivity index (χ1) is 7.18. The Morgan fingerprint density at radius 3 is 2.93 bits per heavy atom. The van der Waals surface area contributed by atoms with Crippen molar-refractivity contribution in [1.29, 1.82) is 0 Å². The maximum Gasteiger partial charge on any atom is 0.176 e. The average molecular weight is 264 g/mol. The Morgan fingerprint density at radius 1 is 1.40 bits per heavy atom. The lowest BCUT2D eigenvalue weighted by atomic mass is 10.1. The fourth-order valence-electron chi connectivity index (χ4n) is 1.46. The van der Waals surface area contributed by atoms with Crippen LogP contribution in [0.2, 0.25) is 0 Å². The van der Waals surface area contributed by atoms with Crippen LogP contribution in [0.4, 0.5) is 0 Å².